The van der Waals surface area contributed by atoms with Crippen LogP contribution in [-0.2, 0) is 13.0 Å². The number of hydrogen-bond donors (Lipinski definition) is 0. The summed E-state index contributed by atoms with van der Waals surface area (Å²) in [4.78, 5) is 6.80. The number of benzene rings is 1. The van der Waals surface area contributed by atoms with Crippen LogP contribution in [0.4, 0.5) is 0 Å². The highest BCUT2D eigenvalue weighted by molar-refractivity contribution is 6.17. The summed E-state index contributed by atoms with van der Waals surface area (Å²) in [6.45, 7) is 1.92. The molecule has 0 fully saturated rings. The Morgan fingerprint density at radius 3 is 2.85 bits per heavy atom. The van der Waals surface area contributed by atoms with Crippen molar-refractivity contribution in [1.29, 1.82) is 5.26 Å². The summed E-state index contributed by atoms with van der Waals surface area (Å²) in [5, 5.41) is 9.04. The second-order valence-corrected chi connectivity index (χ2v) is 5.47. The Kier molecular flexibility index (Phi) is 4.99. The van der Waals surface area contributed by atoms with Crippen molar-refractivity contribution in [2.75, 3.05) is 26.5 Å². The van der Waals surface area contributed by atoms with Gasteiger partial charge in [-0.05, 0) is 45.3 Å². The third-order valence-electron chi connectivity index (χ3n) is 3.26. The normalized spacial score (nSPS) is 11.2. The summed E-state index contributed by atoms with van der Waals surface area (Å²) in [7, 11) is 4.14. The minimum Gasteiger partial charge on any atom is -0.328 e. The van der Waals surface area contributed by atoms with Crippen LogP contribution in [-0.4, -0.2) is 41.0 Å². The zero-order valence-corrected chi connectivity index (χ0v) is 12.7. The number of aromatic nitrogens is 2. The number of alkyl halides is 1. The predicted molar refractivity (Wildman–Crippen MR) is 82.0 cm³/mol. The molecule has 0 spiro atoms. The standard InChI is InChI=1S/C15H19ClN4/c1-19(2)8-3-9-20-14-10-12(11-17)4-5-13(14)18-15(20)6-7-16/h4-5,10H,3,6-9H2,1-2H3. The molecule has 2 rings (SSSR count). The van der Waals surface area contributed by atoms with Gasteiger partial charge in [0.1, 0.15) is 5.82 Å². The Hall–Kier alpha value is -1.57. The topological polar surface area (TPSA) is 44.9 Å². The quantitative estimate of drug-likeness (QED) is 0.768. The van der Waals surface area contributed by atoms with Gasteiger partial charge in [-0.2, -0.15) is 5.26 Å². The molecule has 5 heteroatoms. The number of hydrogen-bond acceptors (Lipinski definition) is 3. The van der Waals surface area contributed by atoms with E-state index in [-0.39, 0.29) is 0 Å². The molecule has 2 aromatic rings. The van der Waals surface area contributed by atoms with Crippen molar-refractivity contribution in [3.8, 4) is 6.07 Å². The molecule has 0 aliphatic carbocycles. The third kappa shape index (κ3) is 3.30. The summed E-state index contributed by atoms with van der Waals surface area (Å²) in [6, 6.07) is 7.82. The maximum atomic E-state index is 9.04. The lowest BCUT2D eigenvalue weighted by Crippen LogP contribution is -2.16. The fourth-order valence-electron chi connectivity index (χ4n) is 2.31. The number of imidazole rings is 1. The molecule has 0 saturated carbocycles. The third-order valence-corrected chi connectivity index (χ3v) is 3.45. The van der Waals surface area contributed by atoms with Gasteiger partial charge in [-0.25, -0.2) is 4.98 Å². The molecular weight excluding hydrogens is 272 g/mol. The van der Waals surface area contributed by atoms with E-state index in [0.717, 1.165) is 42.8 Å². The van der Waals surface area contributed by atoms with E-state index < -0.39 is 0 Å². The molecular formula is C15H19ClN4. The molecule has 0 unspecified atom stereocenters. The molecule has 0 atom stereocenters. The summed E-state index contributed by atoms with van der Waals surface area (Å²) >= 11 is 5.86. The van der Waals surface area contributed by atoms with Gasteiger partial charge in [-0.15, -0.1) is 11.6 Å². The SMILES string of the molecule is CN(C)CCCn1c(CCCl)nc2ccc(C#N)cc21. The summed E-state index contributed by atoms with van der Waals surface area (Å²) < 4.78 is 2.20. The highest BCUT2D eigenvalue weighted by atomic mass is 35.5. The van der Waals surface area contributed by atoms with Gasteiger partial charge < -0.3 is 9.47 Å². The van der Waals surface area contributed by atoms with Crippen LogP contribution in [0.5, 0.6) is 0 Å². The van der Waals surface area contributed by atoms with Crippen molar-refractivity contribution < 1.29 is 0 Å². The molecule has 0 bridgehead atoms. The van der Waals surface area contributed by atoms with Gasteiger partial charge in [0.15, 0.2) is 0 Å². The van der Waals surface area contributed by atoms with E-state index in [1.807, 2.05) is 18.2 Å². The second kappa shape index (κ2) is 6.74. The van der Waals surface area contributed by atoms with Crippen molar-refractivity contribution in [2.24, 2.45) is 0 Å². The molecule has 0 saturated heterocycles. The fraction of sp³-hybridized carbons (Fsp3) is 0.467. The lowest BCUT2D eigenvalue weighted by molar-refractivity contribution is 0.386. The zero-order valence-electron chi connectivity index (χ0n) is 11.9. The monoisotopic (exact) mass is 290 g/mol. The van der Waals surface area contributed by atoms with Gasteiger partial charge in [0.2, 0.25) is 0 Å². The average molecular weight is 291 g/mol. The van der Waals surface area contributed by atoms with E-state index in [4.69, 9.17) is 16.9 Å². The van der Waals surface area contributed by atoms with Crippen LogP contribution in [0.25, 0.3) is 11.0 Å². The van der Waals surface area contributed by atoms with Gasteiger partial charge in [-0.3, -0.25) is 0 Å². The van der Waals surface area contributed by atoms with Crippen LogP contribution in [0.3, 0.4) is 0 Å². The number of halogens is 1. The minimum absolute atomic E-state index is 0.558. The van der Waals surface area contributed by atoms with Gasteiger partial charge in [0.25, 0.3) is 0 Å². The number of nitriles is 1. The number of fused-ring (bicyclic) bond motifs is 1. The summed E-state index contributed by atoms with van der Waals surface area (Å²) in [5.74, 6) is 1.56. The fourth-order valence-corrected chi connectivity index (χ4v) is 2.48. The van der Waals surface area contributed by atoms with Crippen LogP contribution >= 0.6 is 11.6 Å². The first-order valence-corrected chi connectivity index (χ1v) is 7.29. The Balaban J connectivity index is 2.35. The lowest BCUT2D eigenvalue weighted by atomic mass is 10.2. The largest absolute Gasteiger partial charge is 0.328 e. The van der Waals surface area contributed by atoms with E-state index in [0.29, 0.717) is 11.4 Å². The lowest BCUT2D eigenvalue weighted by Gasteiger charge is -2.12. The van der Waals surface area contributed by atoms with E-state index in [2.05, 4.69) is 34.6 Å². The van der Waals surface area contributed by atoms with Crippen LogP contribution in [0.1, 0.15) is 17.8 Å². The van der Waals surface area contributed by atoms with Gasteiger partial charge in [-0.1, -0.05) is 0 Å². The molecule has 20 heavy (non-hydrogen) atoms. The van der Waals surface area contributed by atoms with Crippen LogP contribution in [0.2, 0.25) is 0 Å². The molecule has 0 aliphatic heterocycles. The van der Waals surface area contributed by atoms with E-state index in [1.54, 1.807) is 0 Å². The van der Waals surface area contributed by atoms with E-state index in [9.17, 15) is 0 Å². The van der Waals surface area contributed by atoms with Gasteiger partial charge >= 0.3 is 0 Å². The Bertz CT molecular complexity index is 625. The summed E-state index contributed by atoms with van der Waals surface area (Å²) in [6.07, 6.45) is 1.80. The molecule has 4 nitrogen and oxygen atoms in total. The van der Waals surface area contributed by atoms with Gasteiger partial charge in [0, 0.05) is 18.8 Å². The van der Waals surface area contributed by atoms with Crippen LogP contribution in [0, 0.1) is 11.3 Å². The minimum atomic E-state index is 0.558. The number of nitrogens with zero attached hydrogens (tertiary/aromatic N) is 4. The smallest absolute Gasteiger partial charge is 0.111 e. The van der Waals surface area contributed by atoms with Crippen LogP contribution < -0.4 is 0 Å². The maximum Gasteiger partial charge on any atom is 0.111 e. The predicted octanol–water partition coefficient (Wildman–Crippen LogP) is 2.64. The first-order valence-electron chi connectivity index (χ1n) is 6.75. The molecule has 106 valence electrons. The zero-order chi connectivity index (χ0) is 14.5. The molecule has 1 aromatic carbocycles. The maximum absolute atomic E-state index is 9.04. The first kappa shape index (κ1) is 14.8. The molecule has 0 amide bonds. The summed E-state index contributed by atoms with van der Waals surface area (Å²) in [5.41, 5.74) is 2.64. The number of aryl methyl sites for hydroxylation is 2. The second-order valence-electron chi connectivity index (χ2n) is 5.09. The molecule has 1 heterocycles. The van der Waals surface area contributed by atoms with Crippen molar-refractivity contribution in [3.05, 3.63) is 29.6 Å². The van der Waals surface area contributed by atoms with Crippen LogP contribution in [0.15, 0.2) is 18.2 Å². The molecule has 0 radical (unpaired) electrons. The number of rotatable bonds is 6. The van der Waals surface area contributed by atoms with E-state index in [1.165, 1.54) is 0 Å². The molecule has 0 aliphatic rings. The molecule has 0 N–H and O–H groups in total. The molecule has 1 aromatic heterocycles. The Morgan fingerprint density at radius 2 is 2.20 bits per heavy atom. The first-order chi connectivity index (χ1) is 9.65. The van der Waals surface area contributed by atoms with Crippen molar-refractivity contribution in [3.63, 3.8) is 0 Å². The Labute approximate surface area is 124 Å². The highest BCUT2D eigenvalue weighted by Gasteiger charge is 2.11. The van der Waals surface area contributed by atoms with Crippen molar-refractivity contribution >= 4 is 22.6 Å². The highest BCUT2D eigenvalue weighted by Crippen LogP contribution is 2.19. The Morgan fingerprint density at radius 1 is 1.40 bits per heavy atom. The van der Waals surface area contributed by atoms with E-state index >= 15 is 0 Å². The van der Waals surface area contributed by atoms with Crippen molar-refractivity contribution in [1.82, 2.24) is 14.5 Å². The van der Waals surface area contributed by atoms with Gasteiger partial charge in [0.05, 0.1) is 22.7 Å². The average Bonchev–Trinajstić information content (AvgIpc) is 2.76. The van der Waals surface area contributed by atoms with Crippen molar-refractivity contribution in [2.45, 2.75) is 19.4 Å².